The van der Waals surface area contributed by atoms with E-state index in [-0.39, 0.29) is 0 Å². The maximum absolute atomic E-state index is 12.7. The van der Waals surface area contributed by atoms with Crippen molar-refractivity contribution in [1.29, 1.82) is 0 Å². The summed E-state index contributed by atoms with van der Waals surface area (Å²) in [6.45, 7) is -0.731. The van der Waals surface area contributed by atoms with E-state index in [2.05, 4.69) is 4.74 Å². The van der Waals surface area contributed by atoms with Crippen molar-refractivity contribution in [2.75, 3.05) is 6.61 Å². The Morgan fingerprint density at radius 3 is 2.25 bits per heavy atom. The highest BCUT2D eigenvalue weighted by atomic mass is 19.2. The van der Waals surface area contributed by atoms with Crippen molar-refractivity contribution in [3.05, 3.63) is 0 Å². The Hall–Kier alpha value is -0.300. The first-order valence-corrected chi connectivity index (χ1v) is 3.48. The van der Waals surface area contributed by atoms with Gasteiger partial charge in [0, 0.05) is 0 Å². The summed E-state index contributed by atoms with van der Waals surface area (Å²) in [6, 6.07) is 0. The summed E-state index contributed by atoms with van der Waals surface area (Å²) in [5.41, 5.74) is 0. The van der Waals surface area contributed by atoms with Gasteiger partial charge in [-0.15, -0.1) is 0 Å². The van der Waals surface area contributed by atoms with Crippen molar-refractivity contribution in [2.45, 2.75) is 30.8 Å². The van der Waals surface area contributed by atoms with Gasteiger partial charge in [-0.2, -0.15) is 0 Å². The Labute approximate surface area is 67.4 Å². The molecule has 0 radical (unpaired) electrons. The SMILES string of the molecule is OC[C@H]1O[C@@H](O)[C@H](O)[C@@H](F)[C@H]1F. The van der Waals surface area contributed by atoms with Gasteiger partial charge in [0.25, 0.3) is 0 Å². The number of hydrogen-bond acceptors (Lipinski definition) is 4. The van der Waals surface area contributed by atoms with Crippen molar-refractivity contribution in [2.24, 2.45) is 0 Å². The number of halogens is 2. The first-order chi connectivity index (χ1) is 5.57. The lowest BCUT2D eigenvalue weighted by molar-refractivity contribution is -0.263. The minimum Gasteiger partial charge on any atom is -0.394 e. The molecule has 0 amide bonds. The highest BCUT2D eigenvalue weighted by Crippen LogP contribution is 2.24. The first kappa shape index (κ1) is 9.79. The van der Waals surface area contributed by atoms with Gasteiger partial charge in [0.2, 0.25) is 0 Å². The standard InChI is InChI=1S/C6H10F2O4/c7-3-2(1-9)12-6(11)5(10)4(3)8/h2-6,9-11H,1H2/t2-,3+,4+,5-,6-/m1/s1. The van der Waals surface area contributed by atoms with Crippen LogP contribution in [-0.4, -0.2) is 52.8 Å². The Balaban J connectivity index is 2.63. The second-order valence-electron chi connectivity index (χ2n) is 2.63. The van der Waals surface area contributed by atoms with Gasteiger partial charge in [0.15, 0.2) is 18.6 Å². The van der Waals surface area contributed by atoms with Crippen molar-refractivity contribution in [1.82, 2.24) is 0 Å². The number of aliphatic hydroxyl groups is 3. The van der Waals surface area contributed by atoms with Gasteiger partial charge in [-0.05, 0) is 0 Å². The Morgan fingerprint density at radius 1 is 1.17 bits per heavy atom. The van der Waals surface area contributed by atoms with Gasteiger partial charge >= 0.3 is 0 Å². The van der Waals surface area contributed by atoms with Crippen LogP contribution in [0, 0.1) is 0 Å². The lowest BCUT2D eigenvalue weighted by Crippen LogP contribution is -2.55. The molecule has 3 N–H and O–H groups in total. The molecule has 1 fully saturated rings. The molecule has 1 aliphatic rings. The van der Waals surface area contributed by atoms with E-state index < -0.39 is 37.4 Å². The smallest absolute Gasteiger partial charge is 0.184 e. The molecule has 5 atom stereocenters. The highest BCUT2D eigenvalue weighted by Gasteiger charge is 2.45. The minimum atomic E-state index is -2.22. The topological polar surface area (TPSA) is 69.9 Å². The first-order valence-electron chi connectivity index (χ1n) is 3.48. The molecule has 1 saturated heterocycles. The Kier molecular flexibility index (Phi) is 2.94. The van der Waals surface area contributed by atoms with Crippen LogP contribution in [0.3, 0.4) is 0 Å². The minimum absolute atomic E-state index is 0.731. The lowest BCUT2D eigenvalue weighted by Gasteiger charge is -2.34. The average molecular weight is 184 g/mol. The van der Waals surface area contributed by atoms with Crippen LogP contribution in [0.15, 0.2) is 0 Å². The predicted molar refractivity (Wildman–Crippen MR) is 33.8 cm³/mol. The quantitative estimate of drug-likeness (QED) is 0.475. The number of hydrogen-bond donors (Lipinski definition) is 3. The lowest BCUT2D eigenvalue weighted by atomic mass is 10.0. The van der Waals surface area contributed by atoms with E-state index in [4.69, 9.17) is 15.3 Å². The number of rotatable bonds is 1. The van der Waals surface area contributed by atoms with Crippen LogP contribution in [0.5, 0.6) is 0 Å². The molecule has 0 aromatic heterocycles. The normalized spacial score (nSPS) is 49.2. The van der Waals surface area contributed by atoms with Gasteiger partial charge in [-0.25, -0.2) is 8.78 Å². The summed E-state index contributed by atoms with van der Waals surface area (Å²) < 4.78 is 29.8. The second-order valence-corrected chi connectivity index (χ2v) is 2.63. The second kappa shape index (κ2) is 3.61. The van der Waals surface area contributed by atoms with Crippen LogP contribution in [0.1, 0.15) is 0 Å². The third-order valence-corrected chi connectivity index (χ3v) is 1.77. The summed E-state index contributed by atoms with van der Waals surface area (Å²) in [4.78, 5) is 0. The number of aliphatic hydroxyl groups excluding tert-OH is 3. The van der Waals surface area contributed by atoms with E-state index in [1.807, 2.05) is 0 Å². The molecule has 1 heterocycles. The maximum Gasteiger partial charge on any atom is 0.184 e. The molecular weight excluding hydrogens is 174 g/mol. The fourth-order valence-corrected chi connectivity index (χ4v) is 1.03. The van der Waals surface area contributed by atoms with Crippen LogP contribution in [0.25, 0.3) is 0 Å². The monoisotopic (exact) mass is 184 g/mol. The molecule has 0 unspecified atom stereocenters. The summed E-state index contributed by atoms with van der Waals surface area (Å²) in [7, 11) is 0. The molecule has 1 rings (SSSR count). The van der Waals surface area contributed by atoms with E-state index in [9.17, 15) is 8.78 Å². The molecule has 12 heavy (non-hydrogen) atoms. The van der Waals surface area contributed by atoms with Crippen molar-refractivity contribution >= 4 is 0 Å². The predicted octanol–water partition coefficient (Wildman–Crippen LogP) is -1.27. The van der Waals surface area contributed by atoms with E-state index in [1.54, 1.807) is 0 Å². The van der Waals surface area contributed by atoms with E-state index >= 15 is 0 Å². The summed E-state index contributed by atoms with van der Waals surface area (Å²) in [5, 5.41) is 26.0. The maximum atomic E-state index is 12.7. The van der Waals surface area contributed by atoms with E-state index in [0.29, 0.717) is 0 Å². The van der Waals surface area contributed by atoms with Crippen LogP contribution in [0.4, 0.5) is 8.78 Å². The van der Waals surface area contributed by atoms with Gasteiger partial charge < -0.3 is 20.1 Å². The van der Waals surface area contributed by atoms with Gasteiger partial charge in [0.1, 0.15) is 12.2 Å². The highest BCUT2D eigenvalue weighted by molar-refractivity contribution is 4.88. The Bertz CT molecular complexity index is 152. The van der Waals surface area contributed by atoms with Crippen molar-refractivity contribution in [3.63, 3.8) is 0 Å². The molecule has 0 aromatic rings. The van der Waals surface area contributed by atoms with Gasteiger partial charge in [-0.1, -0.05) is 0 Å². The molecule has 0 bridgehead atoms. The summed E-state index contributed by atoms with van der Waals surface area (Å²) >= 11 is 0. The van der Waals surface area contributed by atoms with Gasteiger partial charge in [-0.3, -0.25) is 0 Å². The van der Waals surface area contributed by atoms with Crippen molar-refractivity contribution < 1.29 is 28.8 Å². The van der Waals surface area contributed by atoms with Crippen LogP contribution in [-0.2, 0) is 4.74 Å². The van der Waals surface area contributed by atoms with Crippen molar-refractivity contribution in [3.8, 4) is 0 Å². The van der Waals surface area contributed by atoms with E-state index in [0.717, 1.165) is 0 Å². The Morgan fingerprint density at radius 2 is 1.75 bits per heavy atom. The number of ether oxygens (including phenoxy) is 1. The molecule has 0 spiro atoms. The molecule has 4 nitrogen and oxygen atoms in total. The molecule has 1 aliphatic heterocycles. The van der Waals surface area contributed by atoms with E-state index in [1.165, 1.54) is 0 Å². The van der Waals surface area contributed by atoms with Crippen LogP contribution < -0.4 is 0 Å². The molecular formula is C6H10F2O4. The third kappa shape index (κ3) is 1.56. The number of alkyl halides is 2. The average Bonchev–Trinajstić information content (AvgIpc) is 2.08. The fraction of sp³-hybridized carbons (Fsp3) is 1.00. The summed E-state index contributed by atoms with van der Waals surface area (Å²) in [6.07, 6.45) is -9.38. The fourth-order valence-electron chi connectivity index (χ4n) is 1.03. The molecule has 0 aliphatic carbocycles. The zero-order chi connectivity index (χ0) is 9.30. The molecule has 0 aromatic carbocycles. The molecule has 72 valence electrons. The van der Waals surface area contributed by atoms with Crippen LogP contribution in [0.2, 0.25) is 0 Å². The largest absolute Gasteiger partial charge is 0.394 e. The van der Waals surface area contributed by atoms with Crippen LogP contribution >= 0.6 is 0 Å². The third-order valence-electron chi connectivity index (χ3n) is 1.77. The molecule has 6 heteroatoms. The zero-order valence-electron chi connectivity index (χ0n) is 6.10. The molecule has 0 saturated carbocycles. The van der Waals surface area contributed by atoms with Gasteiger partial charge in [0.05, 0.1) is 6.61 Å². The zero-order valence-corrected chi connectivity index (χ0v) is 6.10. The summed E-state index contributed by atoms with van der Waals surface area (Å²) in [5.74, 6) is 0.